The Morgan fingerprint density at radius 3 is 2.47 bits per heavy atom. The van der Waals surface area contributed by atoms with Crippen LogP contribution in [0.15, 0.2) is 35.2 Å². The van der Waals surface area contributed by atoms with E-state index in [1.165, 1.54) is 6.26 Å². The Morgan fingerprint density at radius 1 is 1.18 bits per heavy atom. The Balaban J connectivity index is 3.00. The molecule has 0 radical (unpaired) electrons. The second-order valence-corrected chi connectivity index (χ2v) is 6.13. The fourth-order valence-corrected chi connectivity index (χ4v) is 3.02. The third-order valence-corrected chi connectivity index (χ3v) is 4.01. The standard InChI is InChI=1S/C13H14O3S/c1-9-4-3-5-11-10(8-14)6-7-12(13(9)11)17(2,15)16/h3-7,14H,8H2,1-2H3. The maximum atomic E-state index is 11.7. The molecule has 0 fully saturated rings. The van der Waals surface area contributed by atoms with Crippen molar-refractivity contribution < 1.29 is 13.5 Å². The van der Waals surface area contributed by atoms with Crippen LogP contribution in [0.3, 0.4) is 0 Å². The zero-order chi connectivity index (χ0) is 12.6. The first-order chi connectivity index (χ1) is 7.95. The predicted octanol–water partition coefficient (Wildman–Crippen LogP) is 2.04. The average Bonchev–Trinajstić information content (AvgIpc) is 2.27. The molecule has 0 aliphatic rings. The zero-order valence-electron chi connectivity index (χ0n) is 9.77. The van der Waals surface area contributed by atoms with Gasteiger partial charge in [0.1, 0.15) is 0 Å². The van der Waals surface area contributed by atoms with Crippen molar-refractivity contribution in [3.8, 4) is 0 Å². The van der Waals surface area contributed by atoms with Gasteiger partial charge in [0, 0.05) is 11.6 Å². The van der Waals surface area contributed by atoms with Crippen LogP contribution >= 0.6 is 0 Å². The van der Waals surface area contributed by atoms with Gasteiger partial charge in [-0.1, -0.05) is 24.3 Å². The number of aliphatic hydroxyl groups excluding tert-OH is 1. The lowest BCUT2D eigenvalue weighted by Gasteiger charge is -2.11. The number of aliphatic hydroxyl groups is 1. The summed E-state index contributed by atoms with van der Waals surface area (Å²) in [6.07, 6.45) is 1.20. The summed E-state index contributed by atoms with van der Waals surface area (Å²) in [5.74, 6) is 0. The van der Waals surface area contributed by atoms with E-state index >= 15 is 0 Å². The van der Waals surface area contributed by atoms with Crippen LogP contribution in [-0.4, -0.2) is 19.8 Å². The van der Waals surface area contributed by atoms with Crippen molar-refractivity contribution in [2.45, 2.75) is 18.4 Å². The van der Waals surface area contributed by atoms with E-state index in [1.54, 1.807) is 12.1 Å². The molecule has 0 heterocycles. The van der Waals surface area contributed by atoms with Crippen molar-refractivity contribution in [3.63, 3.8) is 0 Å². The Kier molecular flexibility index (Phi) is 2.93. The topological polar surface area (TPSA) is 54.4 Å². The zero-order valence-corrected chi connectivity index (χ0v) is 10.6. The van der Waals surface area contributed by atoms with Crippen molar-refractivity contribution >= 4 is 20.6 Å². The summed E-state index contributed by atoms with van der Waals surface area (Å²) in [5.41, 5.74) is 1.65. The lowest BCUT2D eigenvalue weighted by atomic mass is 10.0. The van der Waals surface area contributed by atoms with Crippen molar-refractivity contribution in [1.29, 1.82) is 0 Å². The molecule has 3 nitrogen and oxygen atoms in total. The first-order valence-electron chi connectivity index (χ1n) is 5.27. The van der Waals surface area contributed by atoms with Gasteiger partial charge in [-0.05, 0) is 29.5 Å². The van der Waals surface area contributed by atoms with Crippen LogP contribution in [-0.2, 0) is 16.4 Å². The minimum atomic E-state index is -3.26. The van der Waals surface area contributed by atoms with E-state index in [2.05, 4.69) is 0 Å². The van der Waals surface area contributed by atoms with Crippen molar-refractivity contribution in [3.05, 3.63) is 41.5 Å². The van der Waals surface area contributed by atoms with Gasteiger partial charge in [-0.15, -0.1) is 0 Å². The Hall–Kier alpha value is -1.39. The smallest absolute Gasteiger partial charge is 0.176 e. The van der Waals surface area contributed by atoms with Crippen LogP contribution in [0, 0.1) is 6.92 Å². The number of fused-ring (bicyclic) bond motifs is 1. The van der Waals surface area contributed by atoms with Gasteiger partial charge in [0.05, 0.1) is 11.5 Å². The van der Waals surface area contributed by atoms with Crippen molar-refractivity contribution in [2.75, 3.05) is 6.26 Å². The summed E-state index contributed by atoms with van der Waals surface area (Å²) in [4.78, 5) is 0.322. The number of benzene rings is 2. The first-order valence-corrected chi connectivity index (χ1v) is 7.16. The summed E-state index contributed by atoms with van der Waals surface area (Å²) in [7, 11) is -3.26. The molecule has 0 unspecified atom stereocenters. The van der Waals surface area contributed by atoms with E-state index in [0.29, 0.717) is 10.3 Å². The van der Waals surface area contributed by atoms with Crippen LogP contribution in [0.25, 0.3) is 10.8 Å². The number of hydrogen-bond acceptors (Lipinski definition) is 3. The summed E-state index contributed by atoms with van der Waals surface area (Å²) < 4.78 is 23.5. The largest absolute Gasteiger partial charge is 0.392 e. The van der Waals surface area contributed by atoms with Gasteiger partial charge in [-0.2, -0.15) is 0 Å². The highest BCUT2D eigenvalue weighted by molar-refractivity contribution is 7.91. The maximum absolute atomic E-state index is 11.7. The molecule has 2 rings (SSSR count). The van der Waals surface area contributed by atoms with Crippen LogP contribution < -0.4 is 0 Å². The first kappa shape index (κ1) is 12.1. The fraction of sp³-hybridized carbons (Fsp3) is 0.231. The number of aryl methyl sites for hydroxylation is 1. The molecule has 4 heteroatoms. The summed E-state index contributed by atoms with van der Waals surface area (Å²) >= 11 is 0. The number of hydrogen-bond donors (Lipinski definition) is 1. The molecule has 0 aromatic heterocycles. The van der Waals surface area contributed by atoms with Crippen LogP contribution in [0.1, 0.15) is 11.1 Å². The monoisotopic (exact) mass is 250 g/mol. The summed E-state index contributed by atoms with van der Waals surface area (Å²) in [6.45, 7) is 1.78. The van der Waals surface area contributed by atoms with E-state index in [4.69, 9.17) is 0 Å². The van der Waals surface area contributed by atoms with Crippen LogP contribution in [0.2, 0.25) is 0 Å². The van der Waals surface area contributed by atoms with Crippen molar-refractivity contribution in [1.82, 2.24) is 0 Å². The van der Waals surface area contributed by atoms with Gasteiger partial charge in [-0.25, -0.2) is 8.42 Å². The Morgan fingerprint density at radius 2 is 1.88 bits per heavy atom. The van der Waals surface area contributed by atoms with Gasteiger partial charge >= 0.3 is 0 Å². The summed E-state index contributed by atoms with van der Waals surface area (Å²) in [5, 5.41) is 10.8. The third kappa shape index (κ3) is 2.06. The predicted molar refractivity (Wildman–Crippen MR) is 67.7 cm³/mol. The normalized spacial score (nSPS) is 11.9. The average molecular weight is 250 g/mol. The van der Waals surface area contributed by atoms with Crippen LogP contribution in [0.5, 0.6) is 0 Å². The van der Waals surface area contributed by atoms with E-state index in [1.807, 2.05) is 25.1 Å². The second kappa shape index (κ2) is 4.13. The lowest BCUT2D eigenvalue weighted by molar-refractivity contribution is 0.283. The highest BCUT2D eigenvalue weighted by Gasteiger charge is 2.15. The molecule has 2 aromatic carbocycles. The molecule has 0 saturated carbocycles. The molecule has 0 spiro atoms. The van der Waals surface area contributed by atoms with E-state index in [9.17, 15) is 13.5 Å². The molecule has 17 heavy (non-hydrogen) atoms. The van der Waals surface area contributed by atoms with Gasteiger partial charge in [-0.3, -0.25) is 0 Å². The van der Waals surface area contributed by atoms with Crippen molar-refractivity contribution in [2.24, 2.45) is 0 Å². The molecular formula is C13H14O3S. The van der Waals surface area contributed by atoms with E-state index < -0.39 is 9.84 Å². The molecule has 0 aliphatic carbocycles. The Labute approximate surface area is 101 Å². The van der Waals surface area contributed by atoms with Gasteiger partial charge in [0.2, 0.25) is 0 Å². The SMILES string of the molecule is Cc1cccc2c(CO)ccc(S(C)(=O)=O)c12. The molecule has 0 bridgehead atoms. The molecule has 0 amide bonds. The van der Waals surface area contributed by atoms with Crippen LogP contribution in [0.4, 0.5) is 0 Å². The number of sulfone groups is 1. The molecule has 90 valence electrons. The van der Waals surface area contributed by atoms with Gasteiger partial charge in [0.15, 0.2) is 9.84 Å². The number of rotatable bonds is 2. The quantitative estimate of drug-likeness (QED) is 0.887. The minimum Gasteiger partial charge on any atom is -0.392 e. The maximum Gasteiger partial charge on any atom is 0.176 e. The molecule has 0 atom stereocenters. The van der Waals surface area contributed by atoms with E-state index in [-0.39, 0.29) is 6.61 Å². The van der Waals surface area contributed by atoms with Gasteiger partial charge in [0.25, 0.3) is 0 Å². The minimum absolute atomic E-state index is 0.0933. The molecular weight excluding hydrogens is 236 g/mol. The molecule has 0 aliphatic heterocycles. The molecule has 1 N–H and O–H groups in total. The molecule has 0 saturated heterocycles. The van der Waals surface area contributed by atoms with E-state index in [0.717, 1.165) is 16.5 Å². The highest BCUT2D eigenvalue weighted by atomic mass is 32.2. The second-order valence-electron chi connectivity index (χ2n) is 4.15. The Bertz CT molecular complexity index is 672. The molecule has 2 aromatic rings. The third-order valence-electron chi connectivity index (χ3n) is 2.87. The lowest BCUT2D eigenvalue weighted by Crippen LogP contribution is -2.01. The fourth-order valence-electron chi connectivity index (χ4n) is 2.06. The highest BCUT2D eigenvalue weighted by Crippen LogP contribution is 2.29. The summed E-state index contributed by atoms with van der Waals surface area (Å²) in [6, 6.07) is 8.80. The van der Waals surface area contributed by atoms with Gasteiger partial charge < -0.3 is 5.11 Å².